The van der Waals surface area contributed by atoms with Gasteiger partial charge < -0.3 is 10.2 Å². The van der Waals surface area contributed by atoms with Crippen LogP contribution < -0.4 is 0 Å². The monoisotopic (exact) mass is 158 g/mol. The van der Waals surface area contributed by atoms with Gasteiger partial charge in [-0.05, 0) is 0 Å². The molecule has 0 rings (SSSR count). The van der Waals surface area contributed by atoms with E-state index in [0.717, 1.165) is 0 Å². The Kier molecular flexibility index (Phi) is 8.07. The van der Waals surface area contributed by atoms with E-state index in [2.05, 4.69) is 0 Å². The summed E-state index contributed by atoms with van der Waals surface area (Å²) in [5, 5.41) is 14.8. The molecular formula is C2H2CrO5. The zero-order valence-corrected chi connectivity index (χ0v) is 4.80. The fourth-order valence-corrected chi connectivity index (χ4v) is 0. The topological polar surface area (TPSA) is 91.7 Å². The quantitative estimate of drug-likeness (QED) is 0.442. The number of carboxylic acids is 2. The molecule has 46 valence electrons. The molecular weight excluding hydrogens is 156 g/mol. The van der Waals surface area contributed by atoms with Crippen molar-refractivity contribution in [2.24, 2.45) is 0 Å². The Morgan fingerprint density at radius 3 is 1.12 bits per heavy atom. The SMILES string of the molecule is O=C(O)C(=O)O.[O]=[Cr]. The van der Waals surface area contributed by atoms with Crippen LogP contribution in [0.15, 0.2) is 0 Å². The minimum absolute atomic E-state index is 1.38. The molecule has 0 bridgehead atoms. The van der Waals surface area contributed by atoms with Crippen molar-refractivity contribution in [3.63, 3.8) is 0 Å². The third kappa shape index (κ3) is 8.99. The van der Waals surface area contributed by atoms with Gasteiger partial charge in [-0.2, -0.15) is 0 Å². The molecule has 0 atom stereocenters. The summed E-state index contributed by atoms with van der Waals surface area (Å²) in [6.07, 6.45) is 0. The zero-order chi connectivity index (χ0) is 7.15. The molecule has 8 heavy (non-hydrogen) atoms. The van der Waals surface area contributed by atoms with Gasteiger partial charge >= 0.3 is 32.0 Å². The van der Waals surface area contributed by atoms with Gasteiger partial charge in [-0.15, -0.1) is 0 Å². The van der Waals surface area contributed by atoms with Gasteiger partial charge in [0.15, 0.2) is 0 Å². The van der Waals surface area contributed by atoms with E-state index >= 15 is 0 Å². The number of carbonyl (C=O) groups is 2. The summed E-state index contributed by atoms with van der Waals surface area (Å²) in [6, 6.07) is 0. The Morgan fingerprint density at radius 2 is 1.12 bits per heavy atom. The van der Waals surface area contributed by atoms with Crippen molar-refractivity contribution >= 4 is 11.9 Å². The molecule has 0 aromatic rings. The second-order valence-electron chi connectivity index (χ2n) is 0.610. The van der Waals surface area contributed by atoms with Gasteiger partial charge in [0.1, 0.15) is 0 Å². The fourth-order valence-electron chi connectivity index (χ4n) is 0. The van der Waals surface area contributed by atoms with Crippen LogP contribution in [0.5, 0.6) is 0 Å². The molecule has 0 heterocycles. The first kappa shape index (κ1) is 10.3. The molecule has 0 fully saturated rings. The maximum absolute atomic E-state index is 9.10. The first-order chi connectivity index (χ1) is 3.64. The Bertz CT molecular complexity index is 86.6. The molecule has 2 N–H and O–H groups in total. The molecule has 0 aliphatic heterocycles. The fraction of sp³-hybridized carbons (Fsp3) is 0. The van der Waals surface area contributed by atoms with Crippen LogP contribution in [-0.4, -0.2) is 22.2 Å². The van der Waals surface area contributed by atoms with Gasteiger partial charge in [-0.1, -0.05) is 0 Å². The minimum atomic E-state index is -1.82. The number of hydrogen-bond donors (Lipinski definition) is 2. The molecule has 0 unspecified atom stereocenters. The Balaban J connectivity index is 0. The first-order valence-electron chi connectivity index (χ1n) is 1.27. The van der Waals surface area contributed by atoms with Crippen LogP contribution >= 0.6 is 0 Å². The van der Waals surface area contributed by atoms with Crippen LogP contribution in [0, 0.1) is 0 Å². The third-order valence-corrected chi connectivity index (χ3v) is 0.183. The Hall–Kier alpha value is -0.728. The normalized spacial score (nSPS) is 6.00. The van der Waals surface area contributed by atoms with E-state index in [1.54, 1.807) is 0 Å². The van der Waals surface area contributed by atoms with Gasteiger partial charge in [0.2, 0.25) is 0 Å². The van der Waals surface area contributed by atoms with Crippen LogP contribution in [0.25, 0.3) is 0 Å². The molecule has 0 amide bonds. The van der Waals surface area contributed by atoms with Gasteiger partial charge in [-0.25, -0.2) is 9.59 Å². The van der Waals surface area contributed by atoms with E-state index in [0.29, 0.717) is 0 Å². The standard InChI is InChI=1S/C2H2O4.Cr.O/c3-1(4)2(5)6;;/h(H,3,4)(H,5,6);;. The van der Waals surface area contributed by atoms with E-state index in [4.69, 9.17) is 23.6 Å². The number of hydrogen-bond acceptors (Lipinski definition) is 3. The van der Waals surface area contributed by atoms with Crippen molar-refractivity contribution in [3.8, 4) is 0 Å². The Morgan fingerprint density at radius 1 is 1.00 bits per heavy atom. The summed E-state index contributed by atoms with van der Waals surface area (Å²) in [5.41, 5.74) is 0. The number of carboxylic acid groups (broad SMARTS) is 2. The molecule has 0 spiro atoms. The Labute approximate surface area is 52.6 Å². The summed E-state index contributed by atoms with van der Waals surface area (Å²) < 4.78 is 8.12. The van der Waals surface area contributed by atoms with Crippen molar-refractivity contribution < 1.29 is 39.8 Å². The molecule has 0 aromatic carbocycles. The van der Waals surface area contributed by atoms with E-state index < -0.39 is 11.9 Å². The zero-order valence-electron chi connectivity index (χ0n) is 3.53. The van der Waals surface area contributed by atoms with E-state index in [-0.39, 0.29) is 0 Å². The molecule has 0 aliphatic carbocycles. The van der Waals surface area contributed by atoms with Crippen molar-refractivity contribution in [2.75, 3.05) is 0 Å². The van der Waals surface area contributed by atoms with Crippen molar-refractivity contribution in [1.82, 2.24) is 0 Å². The molecule has 0 aromatic heterocycles. The van der Waals surface area contributed by atoms with Crippen LogP contribution in [0.2, 0.25) is 0 Å². The summed E-state index contributed by atoms with van der Waals surface area (Å²) in [7, 11) is 0. The summed E-state index contributed by atoms with van der Waals surface area (Å²) in [6.45, 7) is 0. The molecule has 0 radical (unpaired) electrons. The van der Waals surface area contributed by atoms with Crippen LogP contribution in [0.3, 0.4) is 0 Å². The van der Waals surface area contributed by atoms with Crippen molar-refractivity contribution in [3.05, 3.63) is 0 Å². The second kappa shape index (κ2) is 6.27. The van der Waals surface area contributed by atoms with Crippen molar-refractivity contribution in [2.45, 2.75) is 0 Å². The molecule has 0 saturated heterocycles. The number of rotatable bonds is 0. The predicted octanol–water partition coefficient (Wildman–Crippen LogP) is -0.966. The maximum atomic E-state index is 9.10. The van der Waals surface area contributed by atoms with Gasteiger partial charge in [-0.3, -0.25) is 0 Å². The number of aliphatic carboxylic acids is 2. The molecule has 6 heteroatoms. The van der Waals surface area contributed by atoms with Crippen LogP contribution in [-0.2, 0) is 29.6 Å². The van der Waals surface area contributed by atoms with Crippen LogP contribution in [0.1, 0.15) is 0 Å². The first-order valence-corrected chi connectivity index (χ1v) is 1.79. The summed E-state index contributed by atoms with van der Waals surface area (Å²) >= 11 is 1.38. The summed E-state index contributed by atoms with van der Waals surface area (Å²) in [5.74, 6) is -3.65. The van der Waals surface area contributed by atoms with Gasteiger partial charge in [0.25, 0.3) is 0 Å². The molecule has 0 aliphatic rings. The molecule has 5 nitrogen and oxygen atoms in total. The van der Waals surface area contributed by atoms with E-state index in [1.165, 1.54) is 16.2 Å². The second-order valence-corrected chi connectivity index (χ2v) is 0.610. The van der Waals surface area contributed by atoms with E-state index in [1.807, 2.05) is 0 Å². The predicted molar refractivity (Wildman–Crippen MR) is 16.0 cm³/mol. The van der Waals surface area contributed by atoms with Gasteiger partial charge in [0, 0.05) is 0 Å². The third-order valence-electron chi connectivity index (χ3n) is 0.183. The van der Waals surface area contributed by atoms with Crippen LogP contribution in [0.4, 0.5) is 0 Å². The average Bonchev–Trinajstić information content (AvgIpc) is 1.72. The van der Waals surface area contributed by atoms with E-state index in [9.17, 15) is 0 Å². The van der Waals surface area contributed by atoms with Gasteiger partial charge in [0.05, 0.1) is 0 Å². The average molecular weight is 158 g/mol. The molecule has 0 saturated carbocycles. The summed E-state index contributed by atoms with van der Waals surface area (Å²) in [4.78, 5) is 18.2. The van der Waals surface area contributed by atoms with Crippen molar-refractivity contribution in [1.29, 1.82) is 0 Å².